The van der Waals surface area contributed by atoms with Crippen molar-refractivity contribution in [2.45, 2.75) is 18.9 Å². The fourth-order valence-electron chi connectivity index (χ4n) is 2.51. The number of pyridine rings is 1. The molecule has 1 N–H and O–H groups in total. The van der Waals surface area contributed by atoms with Crippen molar-refractivity contribution in [3.8, 4) is 0 Å². The normalized spacial score (nSPS) is 18.9. The average Bonchev–Trinajstić information content (AvgIpc) is 2.48. The van der Waals surface area contributed by atoms with Gasteiger partial charge in [0.05, 0.1) is 11.5 Å². The molecule has 1 aromatic heterocycles. The first-order valence-corrected chi connectivity index (χ1v) is 6.62. The number of anilines is 1. The number of hydrogen-bond acceptors (Lipinski definition) is 5. The SMILES string of the molecule is O=[N+]([O-])c1ccc(NC2CCCOC2)c2cccnc12. The van der Waals surface area contributed by atoms with Crippen molar-refractivity contribution < 1.29 is 9.66 Å². The molecule has 0 amide bonds. The first-order chi connectivity index (χ1) is 9.75. The van der Waals surface area contributed by atoms with Crippen LogP contribution in [0, 0.1) is 10.1 Å². The van der Waals surface area contributed by atoms with Gasteiger partial charge < -0.3 is 10.1 Å². The average molecular weight is 273 g/mol. The lowest BCUT2D eigenvalue weighted by Crippen LogP contribution is -2.30. The summed E-state index contributed by atoms with van der Waals surface area (Å²) >= 11 is 0. The zero-order chi connectivity index (χ0) is 13.9. The van der Waals surface area contributed by atoms with Crippen LogP contribution in [-0.4, -0.2) is 29.2 Å². The largest absolute Gasteiger partial charge is 0.379 e. The molecule has 3 rings (SSSR count). The molecule has 0 spiro atoms. The molecule has 0 saturated carbocycles. The Kier molecular flexibility index (Phi) is 3.47. The first kappa shape index (κ1) is 12.8. The molecule has 2 aromatic rings. The van der Waals surface area contributed by atoms with Gasteiger partial charge in [-0.15, -0.1) is 0 Å². The summed E-state index contributed by atoms with van der Waals surface area (Å²) in [5.41, 5.74) is 1.32. The minimum absolute atomic E-state index is 0.0334. The second-order valence-corrected chi connectivity index (χ2v) is 4.85. The summed E-state index contributed by atoms with van der Waals surface area (Å²) in [5, 5.41) is 15.2. The molecular formula is C14H15N3O3. The van der Waals surface area contributed by atoms with Crippen LogP contribution in [0.4, 0.5) is 11.4 Å². The molecule has 1 aliphatic rings. The zero-order valence-corrected chi connectivity index (χ0v) is 10.9. The quantitative estimate of drug-likeness (QED) is 0.687. The molecule has 0 bridgehead atoms. The van der Waals surface area contributed by atoms with Gasteiger partial charge in [0.25, 0.3) is 5.69 Å². The maximum atomic E-state index is 11.0. The van der Waals surface area contributed by atoms with Crippen molar-refractivity contribution in [1.82, 2.24) is 4.98 Å². The van der Waals surface area contributed by atoms with E-state index in [2.05, 4.69) is 10.3 Å². The number of fused-ring (bicyclic) bond motifs is 1. The lowest BCUT2D eigenvalue weighted by Gasteiger charge is -2.24. The fraction of sp³-hybridized carbons (Fsp3) is 0.357. The molecule has 0 radical (unpaired) electrons. The van der Waals surface area contributed by atoms with E-state index in [1.165, 1.54) is 6.07 Å². The number of nitrogens with one attached hydrogen (secondary N) is 1. The van der Waals surface area contributed by atoms with Crippen LogP contribution >= 0.6 is 0 Å². The van der Waals surface area contributed by atoms with Gasteiger partial charge in [0.2, 0.25) is 0 Å². The van der Waals surface area contributed by atoms with E-state index in [1.807, 2.05) is 6.07 Å². The van der Waals surface area contributed by atoms with Gasteiger partial charge in [0.15, 0.2) is 0 Å². The van der Waals surface area contributed by atoms with Crippen LogP contribution in [0.25, 0.3) is 10.9 Å². The number of ether oxygens (including phenoxy) is 1. The van der Waals surface area contributed by atoms with Crippen LogP contribution < -0.4 is 5.32 Å². The van der Waals surface area contributed by atoms with Crippen LogP contribution in [0.15, 0.2) is 30.5 Å². The number of aromatic nitrogens is 1. The molecule has 104 valence electrons. The topological polar surface area (TPSA) is 77.3 Å². The highest BCUT2D eigenvalue weighted by atomic mass is 16.6. The molecule has 1 atom stereocenters. The number of non-ortho nitro benzene ring substituents is 1. The first-order valence-electron chi connectivity index (χ1n) is 6.62. The molecule has 1 unspecified atom stereocenters. The highest BCUT2D eigenvalue weighted by Crippen LogP contribution is 2.30. The van der Waals surface area contributed by atoms with E-state index in [-0.39, 0.29) is 11.7 Å². The van der Waals surface area contributed by atoms with Crippen LogP contribution in [0.3, 0.4) is 0 Å². The Bertz CT molecular complexity index is 639. The summed E-state index contributed by atoms with van der Waals surface area (Å²) in [6.45, 7) is 1.47. The van der Waals surface area contributed by atoms with Gasteiger partial charge in [0, 0.05) is 36.0 Å². The van der Waals surface area contributed by atoms with E-state index in [9.17, 15) is 10.1 Å². The van der Waals surface area contributed by atoms with Crippen molar-refractivity contribution in [1.29, 1.82) is 0 Å². The Morgan fingerprint density at radius 3 is 3.05 bits per heavy atom. The Hall–Kier alpha value is -2.21. The van der Waals surface area contributed by atoms with E-state index in [0.29, 0.717) is 12.1 Å². The molecule has 0 aliphatic carbocycles. The third-order valence-electron chi connectivity index (χ3n) is 3.46. The molecule has 1 aliphatic heterocycles. The van der Waals surface area contributed by atoms with Crippen molar-refractivity contribution in [3.63, 3.8) is 0 Å². The van der Waals surface area contributed by atoms with E-state index in [1.54, 1.807) is 18.3 Å². The second-order valence-electron chi connectivity index (χ2n) is 4.85. The Morgan fingerprint density at radius 2 is 2.30 bits per heavy atom. The van der Waals surface area contributed by atoms with Gasteiger partial charge in [0.1, 0.15) is 5.52 Å². The summed E-state index contributed by atoms with van der Waals surface area (Å²) in [7, 11) is 0. The van der Waals surface area contributed by atoms with E-state index < -0.39 is 4.92 Å². The maximum absolute atomic E-state index is 11.0. The summed E-state index contributed by atoms with van der Waals surface area (Å²) in [4.78, 5) is 14.8. The minimum atomic E-state index is -0.400. The third-order valence-corrected chi connectivity index (χ3v) is 3.46. The number of nitrogens with zero attached hydrogens (tertiary/aromatic N) is 2. The number of nitro groups is 1. The third kappa shape index (κ3) is 2.42. The predicted octanol–water partition coefficient (Wildman–Crippen LogP) is 2.73. The summed E-state index contributed by atoms with van der Waals surface area (Å²) in [5.74, 6) is 0. The summed E-state index contributed by atoms with van der Waals surface area (Å²) in [6.07, 6.45) is 3.64. The van der Waals surface area contributed by atoms with Crippen LogP contribution in [-0.2, 0) is 4.74 Å². The van der Waals surface area contributed by atoms with Crippen molar-refractivity contribution in [3.05, 3.63) is 40.6 Å². The molecule has 2 heterocycles. The number of nitro benzene ring substituents is 1. The standard InChI is InChI=1S/C14H15N3O3/c18-17(19)13-6-5-12(11-4-1-7-15-14(11)13)16-10-3-2-8-20-9-10/h1,4-7,10,16H,2-3,8-9H2. The number of benzene rings is 1. The van der Waals surface area contributed by atoms with Crippen LogP contribution in [0.5, 0.6) is 0 Å². The molecule has 1 fully saturated rings. The lowest BCUT2D eigenvalue weighted by atomic mass is 10.1. The van der Waals surface area contributed by atoms with Gasteiger partial charge in [-0.3, -0.25) is 10.1 Å². The molecule has 20 heavy (non-hydrogen) atoms. The van der Waals surface area contributed by atoms with E-state index in [4.69, 9.17) is 4.74 Å². The molecular weight excluding hydrogens is 258 g/mol. The van der Waals surface area contributed by atoms with Crippen LogP contribution in [0.1, 0.15) is 12.8 Å². The van der Waals surface area contributed by atoms with Crippen molar-refractivity contribution in [2.75, 3.05) is 18.5 Å². The Labute approximate surface area is 115 Å². The number of hydrogen-bond donors (Lipinski definition) is 1. The zero-order valence-electron chi connectivity index (χ0n) is 10.9. The van der Waals surface area contributed by atoms with E-state index >= 15 is 0 Å². The van der Waals surface area contributed by atoms with Gasteiger partial charge in [-0.05, 0) is 31.0 Å². The number of rotatable bonds is 3. The summed E-state index contributed by atoms with van der Waals surface area (Å²) < 4.78 is 5.44. The maximum Gasteiger partial charge on any atom is 0.295 e. The molecule has 1 aromatic carbocycles. The van der Waals surface area contributed by atoms with Crippen LogP contribution in [0.2, 0.25) is 0 Å². The van der Waals surface area contributed by atoms with Gasteiger partial charge in [-0.2, -0.15) is 0 Å². The fourth-order valence-corrected chi connectivity index (χ4v) is 2.51. The lowest BCUT2D eigenvalue weighted by molar-refractivity contribution is -0.383. The van der Waals surface area contributed by atoms with Gasteiger partial charge >= 0.3 is 0 Å². The van der Waals surface area contributed by atoms with E-state index in [0.717, 1.165) is 30.5 Å². The second kappa shape index (κ2) is 5.42. The highest BCUT2D eigenvalue weighted by Gasteiger charge is 2.18. The Balaban J connectivity index is 1.99. The highest BCUT2D eigenvalue weighted by molar-refractivity contribution is 5.96. The molecule has 6 nitrogen and oxygen atoms in total. The smallest absolute Gasteiger partial charge is 0.295 e. The summed E-state index contributed by atoms with van der Waals surface area (Å²) in [6, 6.07) is 7.13. The Morgan fingerprint density at radius 1 is 1.40 bits per heavy atom. The minimum Gasteiger partial charge on any atom is -0.379 e. The molecule has 6 heteroatoms. The van der Waals surface area contributed by atoms with Gasteiger partial charge in [-0.25, -0.2) is 4.98 Å². The van der Waals surface area contributed by atoms with Crippen molar-refractivity contribution >= 4 is 22.3 Å². The van der Waals surface area contributed by atoms with Gasteiger partial charge in [-0.1, -0.05) is 0 Å². The van der Waals surface area contributed by atoms with Crippen molar-refractivity contribution in [2.24, 2.45) is 0 Å². The predicted molar refractivity (Wildman–Crippen MR) is 75.9 cm³/mol. The molecule has 1 saturated heterocycles. The monoisotopic (exact) mass is 273 g/mol.